The number of aromatic amines is 1. The minimum absolute atomic E-state index is 0.0172. The molecule has 0 aliphatic carbocycles. The molecule has 1 aliphatic rings. The molecule has 4 rings (SSSR count). The van der Waals surface area contributed by atoms with Crippen molar-refractivity contribution in [3.63, 3.8) is 0 Å². The summed E-state index contributed by atoms with van der Waals surface area (Å²) in [5, 5.41) is 0.996. The molecule has 5 nitrogen and oxygen atoms in total. The Morgan fingerprint density at radius 2 is 1.87 bits per heavy atom. The number of hydrogen-bond donors (Lipinski definition) is 1. The molecule has 0 radical (unpaired) electrons. The van der Waals surface area contributed by atoms with Crippen molar-refractivity contribution in [2.24, 2.45) is 5.92 Å². The SMILES string of the molecule is COc1ccc2[nH]c(=O)cc(CCN3CCC(C(=O)c4ccc(F)cc4)CC3)c2c1. The summed E-state index contributed by atoms with van der Waals surface area (Å²) in [5.41, 5.74) is 2.28. The molecule has 1 fully saturated rings. The normalized spacial score (nSPS) is 15.4. The molecule has 1 aliphatic heterocycles. The average molecular weight is 408 g/mol. The predicted octanol–water partition coefficient (Wildman–Crippen LogP) is 3.81. The molecule has 0 unspecified atom stereocenters. The number of nitrogens with zero attached hydrogens (tertiary/aromatic N) is 1. The van der Waals surface area contributed by atoms with Crippen LogP contribution in [0.2, 0.25) is 0 Å². The van der Waals surface area contributed by atoms with Crippen molar-refractivity contribution in [1.82, 2.24) is 9.88 Å². The number of halogens is 1. The highest BCUT2D eigenvalue weighted by atomic mass is 19.1. The number of likely N-dealkylation sites (tertiary alicyclic amines) is 1. The highest BCUT2D eigenvalue weighted by Gasteiger charge is 2.25. The Kier molecular flexibility index (Phi) is 5.95. The first-order chi connectivity index (χ1) is 14.5. The maximum absolute atomic E-state index is 13.1. The van der Waals surface area contributed by atoms with Crippen LogP contribution in [0, 0.1) is 11.7 Å². The maximum Gasteiger partial charge on any atom is 0.248 e. The molecular formula is C24H25FN2O3. The van der Waals surface area contributed by atoms with Crippen molar-refractivity contribution < 1.29 is 13.9 Å². The van der Waals surface area contributed by atoms with E-state index in [0.717, 1.165) is 61.1 Å². The summed E-state index contributed by atoms with van der Waals surface area (Å²) >= 11 is 0. The van der Waals surface area contributed by atoms with Crippen LogP contribution in [0.4, 0.5) is 4.39 Å². The Morgan fingerprint density at radius 1 is 1.13 bits per heavy atom. The highest BCUT2D eigenvalue weighted by Crippen LogP contribution is 2.24. The van der Waals surface area contributed by atoms with Crippen LogP contribution in [0.15, 0.2) is 53.3 Å². The van der Waals surface area contributed by atoms with Crippen molar-refractivity contribution in [3.8, 4) is 5.75 Å². The molecular weight excluding hydrogens is 383 g/mol. The highest BCUT2D eigenvalue weighted by molar-refractivity contribution is 5.97. The maximum atomic E-state index is 13.1. The zero-order valence-electron chi connectivity index (χ0n) is 17.0. The monoisotopic (exact) mass is 408 g/mol. The number of piperidine rings is 1. The van der Waals surface area contributed by atoms with Gasteiger partial charge in [0.15, 0.2) is 5.78 Å². The van der Waals surface area contributed by atoms with Gasteiger partial charge < -0.3 is 14.6 Å². The Hall–Kier alpha value is -2.99. The molecule has 156 valence electrons. The standard InChI is InChI=1S/C24H25FN2O3/c1-30-20-6-7-22-21(15-20)18(14-23(28)26-22)10-13-27-11-8-17(9-12-27)24(29)16-2-4-19(25)5-3-16/h2-7,14-15,17H,8-13H2,1H3,(H,26,28). The van der Waals surface area contributed by atoms with Crippen molar-refractivity contribution in [2.45, 2.75) is 19.3 Å². The van der Waals surface area contributed by atoms with Gasteiger partial charge in [0.05, 0.1) is 7.11 Å². The van der Waals surface area contributed by atoms with E-state index in [2.05, 4.69) is 9.88 Å². The molecule has 1 N–H and O–H groups in total. The molecule has 2 heterocycles. The van der Waals surface area contributed by atoms with E-state index >= 15 is 0 Å². The van der Waals surface area contributed by atoms with Gasteiger partial charge >= 0.3 is 0 Å². The molecule has 0 spiro atoms. The zero-order chi connectivity index (χ0) is 21.1. The van der Waals surface area contributed by atoms with Gasteiger partial charge in [-0.2, -0.15) is 0 Å². The van der Waals surface area contributed by atoms with Crippen molar-refractivity contribution >= 4 is 16.7 Å². The number of H-pyrrole nitrogens is 1. The first-order valence-corrected chi connectivity index (χ1v) is 10.3. The molecule has 2 aromatic carbocycles. The van der Waals surface area contributed by atoms with Gasteiger partial charge in [-0.15, -0.1) is 0 Å². The van der Waals surface area contributed by atoms with Gasteiger partial charge in [-0.3, -0.25) is 9.59 Å². The lowest BCUT2D eigenvalue weighted by molar-refractivity contribution is 0.0841. The van der Waals surface area contributed by atoms with E-state index in [9.17, 15) is 14.0 Å². The van der Waals surface area contributed by atoms with Crippen LogP contribution in [0.3, 0.4) is 0 Å². The molecule has 0 bridgehead atoms. The van der Waals surface area contributed by atoms with Gasteiger partial charge in [0.1, 0.15) is 11.6 Å². The molecule has 1 saturated heterocycles. The largest absolute Gasteiger partial charge is 0.497 e. The molecule has 0 saturated carbocycles. The van der Waals surface area contributed by atoms with Gasteiger partial charge in [0.25, 0.3) is 0 Å². The Bertz CT molecular complexity index is 1100. The van der Waals surface area contributed by atoms with Crippen LogP contribution in [0.1, 0.15) is 28.8 Å². The molecule has 1 aromatic heterocycles. The first kappa shape index (κ1) is 20.3. The second kappa shape index (κ2) is 8.79. The molecule has 0 atom stereocenters. The second-order valence-corrected chi connectivity index (χ2v) is 7.81. The number of carbonyl (C=O) groups is 1. The second-order valence-electron chi connectivity index (χ2n) is 7.81. The van der Waals surface area contributed by atoms with Crippen LogP contribution in [-0.4, -0.2) is 42.4 Å². The lowest BCUT2D eigenvalue weighted by Crippen LogP contribution is -2.37. The molecule has 6 heteroatoms. The van der Waals surface area contributed by atoms with E-state index in [1.165, 1.54) is 12.1 Å². The third-order valence-electron chi connectivity index (χ3n) is 5.92. The number of benzene rings is 2. The summed E-state index contributed by atoms with van der Waals surface area (Å²) in [5.74, 6) is 0.515. The zero-order valence-corrected chi connectivity index (χ0v) is 17.0. The number of ketones is 1. The number of hydrogen-bond acceptors (Lipinski definition) is 4. The fraction of sp³-hybridized carbons (Fsp3) is 0.333. The van der Waals surface area contributed by atoms with E-state index in [1.807, 2.05) is 18.2 Å². The average Bonchev–Trinajstić information content (AvgIpc) is 2.77. The van der Waals surface area contributed by atoms with E-state index in [-0.39, 0.29) is 23.1 Å². The first-order valence-electron chi connectivity index (χ1n) is 10.3. The van der Waals surface area contributed by atoms with Crippen LogP contribution < -0.4 is 10.3 Å². The predicted molar refractivity (Wildman–Crippen MR) is 115 cm³/mol. The Morgan fingerprint density at radius 3 is 2.57 bits per heavy atom. The van der Waals surface area contributed by atoms with Crippen molar-refractivity contribution in [1.29, 1.82) is 0 Å². The minimum atomic E-state index is -0.328. The lowest BCUT2D eigenvalue weighted by Gasteiger charge is -2.31. The Labute approximate surface area is 174 Å². The van der Waals surface area contributed by atoms with Crippen molar-refractivity contribution in [3.05, 3.63) is 75.8 Å². The van der Waals surface area contributed by atoms with E-state index in [0.29, 0.717) is 5.56 Å². The van der Waals surface area contributed by atoms with Crippen LogP contribution in [0.5, 0.6) is 5.75 Å². The fourth-order valence-electron chi connectivity index (χ4n) is 4.18. The van der Waals surface area contributed by atoms with Gasteiger partial charge in [0.2, 0.25) is 5.56 Å². The molecule has 3 aromatic rings. The van der Waals surface area contributed by atoms with E-state index in [1.54, 1.807) is 25.3 Å². The number of methoxy groups -OCH3 is 1. The summed E-state index contributed by atoms with van der Waals surface area (Å²) in [6, 6.07) is 13.1. The van der Waals surface area contributed by atoms with Gasteiger partial charge in [0, 0.05) is 35.0 Å². The number of aromatic nitrogens is 1. The topological polar surface area (TPSA) is 62.4 Å². The van der Waals surface area contributed by atoms with E-state index < -0.39 is 0 Å². The van der Waals surface area contributed by atoms with E-state index in [4.69, 9.17) is 4.74 Å². The summed E-state index contributed by atoms with van der Waals surface area (Å²) in [7, 11) is 1.63. The van der Waals surface area contributed by atoms with Gasteiger partial charge in [-0.1, -0.05) is 0 Å². The van der Waals surface area contributed by atoms with Crippen LogP contribution in [-0.2, 0) is 6.42 Å². The third-order valence-corrected chi connectivity index (χ3v) is 5.92. The fourth-order valence-corrected chi connectivity index (χ4v) is 4.18. The minimum Gasteiger partial charge on any atom is -0.497 e. The lowest BCUT2D eigenvalue weighted by atomic mass is 9.88. The number of Topliss-reactive ketones (excluding diaryl/α,β-unsaturated/α-hetero) is 1. The van der Waals surface area contributed by atoms with Gasteiger partial charge in [-0.25, -0.2) is 4.39 Å². The summed E-state index contributed by atoms with van der Waals surface area (Å²) < 4.78 is 18.4. The number of nitrogens with one attached hydrogen (secondary N) is 1. The molecule has 0 amide bonds. The number of rotatable bonds is 6. The number of ether oxygens (including phenoxy) is 1. The van der Waals surface area contributed by atoms with Crippen molar-refractivity contribution in [2.75, 3.05) is 26.7 Å². The number of fused-ring (bicyclic) bond motifs is 1. The van der Waals surface area contributed by atoms with Crippen LogP contribution >= 0.6 is 0 Å². The quantitative estimate of drug-likeness (QED) is 0.630. The Balaban J connectivity index is 1.38. The van der Waals surface area contributed by atoms with Crippen LogP contribution in [0.25, 0.3) is 10.9 Å². The summed E-state index contributed by atoms with van der Waals surface area (Å²) in [6.07, 6.45) is 2.34. The molecule has 30 heavy (non-hydrogen) atoms. The summed E-state index contributed by atoms with van der Waals surface area (Å²) in [6.45, 7) is 2.50. The number of carbonyl (C=O) groups excluding carboxylic acids is 1. The smallest absolute Gasteiger partial charge is 0.248 e. The number of pyridine rings is 1. The summed E-state index contributed by atoms with van der Waals surface area (Å²) in [4.78, 5) is 29.9. The van der Waals surface area contributed by atoms with Gasteiger partial charge in [-0.05, 0) is 80.4 Å². The third kappa shape index (κ3) is 4.44.